The Balaban J connectivity index is 2.09. The maximum atomic E-state index is 12.6. The Morgan fingerprint density at radius 2 is 2.10 bits per heavy atom. The highest BCUT2D eigenvalue weighted by atomic mass is 19.3. The average Bonchev–Trinajstić information content (AvgIpc) is 2.91. The van der Waals surface area contributed by atoms with Gasteiger partial charge in [-0.05, 0) is 36.5 Å². The van der Waals surface area contributed by atoms with Gasteiger partial charge in [-0.2, -0.15) is 0 Å². The number of hydrogen-bond acceptors (Lipinski definition) is 1. The summed E-state index contributed by atoms with van der Waals surface area (Å²) in [6.07, 6.45) is 9.18. The quantitative estimate of drug-likeness (QED) is 0.669. The molecule has 1 unspecified atom stereocenters. The Hall–Kier alpha value is -1.51. The third-order valence-corrected chi connectivity index (χ3v) is 4.20. The van der Waals surface area contributed by atoms with Crippen molar-refractivity contribution in [2.45, 2.75) is 52.4 Å². The number of H-pyrrole nitrogens is 1. The normalized spacial score (nSPS) is 12.8. The lowest BCUT2D eigenvalue weighted by molar-refractivity contribution is -0.00427. The maximum absolute atomic E-state index is 12.6. The molecule has 3 heteroatoms. The van der Waals surface area contributed by atoms with Crippen molar-refractivity contribution in [2.24, 2.45) is 5.92 Å². The Morgan fingerprint density at radius 3 is 2.80 bits per heavy atom. The van der Waals surface area contributed by atoms with E-state index in [0.29, 0.717) is 5.75 Å². The van der Waals surface area contributed by atoms with Gasteiger partial charge < -0.3 is 4.98 Å². The second-order valence-electron chi connectivity index (χ2n) is 5.52. The van der Waals surface area contributed by atoms with Gasteiger partial charge >= 0.3 is 0 Å². The number of benzene rings is 1. The summed E-state index contributed by atoms with van der Waals surface area (Å²) >= 11 is 0. The van der Waals surface area contributed by atoms with Crippen LogP contribution in [0.2, 0.25) is 0 Å². The number of fused-ring (bicyclic) bond motifs is 1. The molecule has 2 aromatic rings. The topological polar surface area (TPSA) is 25.0 Å². The number of hydrogen-bond donors (Lipinski definition) is 1. The minimum absolute atomic E-state index is 0.320. The van der Waals surface area contributed by atoms with Crippen LogP contribution in [0.1, 0.15) is 51.5 Å². The first-order valence-corrected chi connectivity index (χ1v) is 7.67. The third-order valence-electron chi connectivity index (χ3n) is 4.20. The van der Waals surface area contributed by atoms with Gasteiger partial charge in [0.1, 0.15) is 0 Å². The van der Waals surface area contributed by atoms with Crippen LogP contribution in [0, 0.1) is 5.92 Å². The standard InChI is InChI=1S/C17H24FNO/c1-3-5-7-13(4-2)10-11-14-12-19-15-8-6-9-16(20-18)17(14)15/h6,8-9,12-13,19H,3-5,7,10-11H2,1-2H3. The van der Waals surface area contributed by atoms with Gasteiger partial charge in [0.15, 0.2) is 5.75 Å². The van der Waals surface area contributed by atoms with Crippen LogP contribution in [-0.2, 0) is 6.42 Å². The zero-order chi connectivity index (χ0) is 14.4. The van der Waals surface area contributed by atoms with Gasteiger partial charge in [0.25, 0.3) is 0 Å². The molecule has 2 nitrogen and oxygen atoms in total. The Bertz CT molecular complexity index is 535. The second-order valence-corrected chi connectivity index (χ2v) is 5.52. The summed E-state index contributed by atoms with van der Waals surface area (Å²) in [6, 6.07) is 5.43. The lowest BCUT2D eigenvalue weighted by Crippen LogP contribution is -2.01. The molecule has 0 spiro atoms. The molecule has 110 valence electrons. The van der Waals surface area contributed by atoms with E-state index in [0.717, 1.165) is 35.2 Å². The van der Waals surface area contributed by atoms with E-state index >= 15 is 0 Å². The van der Waals surface area contributed by atoms with E-state index < -0.39 is 0 Å². The smallest absolute Gasteiger partial charge is 0.181 e. The van der Waals surface area contributed by atoms with Crippen LogP contribution >= 0.6 is 0 Å². The first-order valence-electron chi connectivity index (χ1n) is 7.67. The predicted molar refractivity (Wildman–Crippen MR) is 81.7 cm³/mol. The molecular formula is C17H24FNO. The van der Waals surface area contributed by atoms with E-state index in [9.17, 15) is 4.53 Å². The van der Waals surface area contributed by atoms with E-state index in [1.165, 1.54) is 25.7 Å². The first kappa shape index (κ1) is 14.9. The van der Waals surface area contributed by atoms with Crippen LogP contribution < -0.4 is 4.94 Å². The molecule has 1 heterocycles. The van der Waals surface area contributed by atoms with Crippen LogP contribution in [0.15, 0.2) is 24.4 Å². The highest BCUT2D eigenvalue weighted by Gasteiger charge is 2.12. The summed E-state index contributed by atoms with van der Waals surface area (Å²) in [4.78, 5) is 7.21. The first-order chi connectivity index (χ1) is 9.80. The van der Waals surface area contributed by atoms with Gasteiger partial charge in [0, 0.05) is 21.6 Å². The average molecular weight is 277 g/mol. The monoisotopic (exact) mass is 277 g/mol. The van der Waals surface area contributed by atoms with E-state index in [1.54, 1.807) is 12.1 Å². The van der Waals surface area contributed by atoms with Gasteiger partial charge in [-0.15, -0.1) is 0 Å². The van der Waals surface area contributed by atoms with E-state index in [-0.39, 0.29) is 0 Å². The van der Waals surface area contributed by atoms with E-state index in [1.807, 2.05) is 12.3 Å². The molecule has 0 radical (unpaired) electrons. The van der Waals surface area contributed by atoms with Crippen LogP contribution in [0.4, 0.5) is 4.53 Å². The third kappa shape index (κ3) is 3.33. The molecular weight excluding hydrogens is 253 g/mol. The Labute approximate surface area is 120 Å². The van der Waals surface area contributed by atoms with Crippen LogP contribution in [0.5, 0.6) is 5.75 Å². The van der Waals surface area contributed by atoms with Crippen molar-refractivity contribution < 1.29 is 9.47 Å². The lowest BCUT2D eigenvalue weighted by Gasteiger charge is -2.13. The number of aromatic nitrogens is 1. The fourth-order valence-electron chi connectivity index (χ4n) is 2.89. The zero-order valence-corrected chi connectivity index (χ0v) is 12.4. The summed E-state index contributed by atoms with van der Waals surface area (Å²) in [7, 11) is 0. The Kier molecular flexibility index (Phi) is 5.45. The molecule has 0 amide bonds. The molecule has 0 fully saturated rings. The fraction of sp³-hybridized carbons (Fsp3) is 0.529. The highest BCUT2D eigenvalue weighted by Crippen LogP contribution is 2.31. The van der Waals surface area contributed by atoms with Crippen LogP contribution in [-0.4, -0.2) is 4.98 Å². The summed E-state index contributed by atoms with van der Waals surface area (Å²) in [6.45, 7) is 4.49. The summed E-state index contributed by atoms with van der Waals surface area (Å²) < 4.78 is 12.6. The molecule has 0 aliphatic rings. The van der Waals surface area contributed by atoms with Crippen molar-refractivity contribution in [1.29, 1.82) is 0 Å². The fourth-order valence-corrected chi connectivity index (χ4v) is 2.89. The SMILES string of the molecule is CCCCC(CC)CCc1c[nH]c2cccc(OF)c12. The number of aromatic amines is 1. The number of nitrogens with one attached hydrogen (secondary N) is 1. The van der Waals surface area contributed by atoms with Gasteiger partial charge in [0.2, 0.25) is 0 Å². The predicted octanol–water partition coefficient (Wildman–Crippen LogP) is 5.58. The number of aryl methyl sites for hydroxylation is 1. The summed E-state index contributed by atoms with van der Waals surface area (Å²) in [5, 5.41) is 0.889. The lowest BCUT2D eigenvalue weighted by atomic mass is 9.92. The second kappa shape index (κ2) is 7.32. The van der Waals surface area contributed by atoms with Crippen LogP contribution in [0.3, 0.4) is 0 Å². The molecule has 0 saturated carbocycles. The van der Waals surface area contributed by atoms with Crippen molar-refractivity contribution in [3.05, 3.63) is 30.0 Å². The molecule has 20 heavy (non-hydrogen) atoms. The van der Waals surface area contributed by atoms with Crippen molar-refractivity contribution in [3.63, 3.8) is 0 Å². The van der Waals surface area contributed by atoms with Gasteiger partial charge in [0.05, 0.1) is 0 Å². The largest absolute Gasteiger partial charge is 0.361 e. The molecule has 0 aliphatic heterocycles. The van der Waals surface area contributed by atoms with Gasteiger partial charge in [-0.25, -0.2) is 0 Å². The Morgan fingerprint density at radius 1 is 1.25 bits per heavy atom. The molecule has 0 saturated heterocycles. The minimum atomic E-state index is 0.320. The van der Waals surface area contributed by atoms with Gasteiger partial charge in [-0.1, -0.05) is 45.6 Å². The summed E-state index contributed by atoms with van der Waals surface area (Å²) in [5.41, 5.74) is 2.10. The summed E-state index contributed by atoms with van der Waals surface area (Å²) in [5.74, 6) is 1.08. The number of rotatable bonds is 8. The zero-order valence-electron chi connectivity index (χ0n) is 12.4. The van der Waals surface area contributed by atoms with Gasteiger partial charge in [-0.3, -0.25) is 4.94 Å². The molecule has 1 aromatic heterocycles. The van der Waals surface area contributed by atoms with Crippen molar-refractivity contribution in [1.82, 2.24) is 4.98 Å². The molecule has 2 rings (SSSR count). The maximum Gasteiger partial charge on any atom is 0.181 e. The molecule has 1 aromatic carbocycles. The van der Waals surface area contributed by atoms with Crippen LogP contribution in [0.25, 0.3) is 10.9 Å². The van der Waals surface area contributed by atoms with Crippen molar-refractivity contribution in [3.8, 4) is 5.75 Å². The molecule has 1 N–H and O–H groups in total. The van der Waals surface area contributed by atoms with Crippen molar-refractivity contribution >= 4 is 10.9 Å². The highest BCUT2D eigenvalue weighted by molar-refractivity contribution is 5.89. The molecule has 1 atom stereocenters. The number of halogens is 1. The minimum Gasteiger partial charge on any atom is -0.361 e. The van der Waals surface area contributed by atoms with E-state index in [4.69, 9.17) is 0 Å². The molecule has 0 aliphatic carbocycles. The van der Waals surface area contributed by atoms with E-state index in [2.05, 4.69) is 23.8 Å². The molecule has 0 bridgehead atoms. The number of unbranched alkanes of at least 4 members (excludes halogenated alkanes) is 1. The van der Waals surface area contributed by atoms with Crippen molar-refractivity contribution in [2.75, 3.05) is 0 Å².